The summed E-state index contributed by atoms with van der Waals surface area (Å²) in [5.74, 6) is 1.11. The number of amides is 1. The number of carbonyl (C=O) groups is 1. The molecule has 1 aliphatic heterocycles. The number of benzene rings is 1. The summed E-state index contributed by atoms with van der Waals surface area (Å²) in [7, 11) is 0. The molecule has 7 heteroatoms. The number of carbonyl (C=O) groups excluding carboxylic acids is 1. The molecule has 0 bridgehead atoms. The molecule has 0 saturated carbocycles. The highest BCUT2D eigenvalue weighted by Crippen LogP contribution is 2.28. The number of nitriles is 1. The molecule has 1 amide bonds. The van der Waals surface area contributed by atoms with Gasteiger partial charge in [0.05, 0.1) is 19.0 Å². The van der Waals surface area contributed by atoms with Crippen LogP contribution in [0.4, 0.5) is 5.82 Å². The Hall–Kier alpha value is -3.53. The van der Waals surface area contributed by atoms with Crippen LogP contribution < -0.4 is 4.90 Å². The van der Waals surface area contributed by atoms with Gasteiger partial charge in [0.2, 0.25) is 0 Å². The Labute approximate surface area is 150 Å². The summed E-state index contributed by atoms with van der Waals surface area (Å²) >= 11 is 0. The maximum absolute atomic E-state index is 12.7. The van der Waals surface area contributed by atoms with Crippen molar-refractivity contribution in [3.8, 4) is 17.6 Å². The van der Waals surface area contributed by atoms with Gasteiger partial charge in [0.25, 0.3) is 5.91 Å². The molecule has 0 N–H and O–H groups in total. The SMILES string of the molecule is CC(CC#N)n1cnnc1-c1cccc(N2Cc3ccccc3C2=O)n1. The number of rotatable bonds is 4. The lowest BCUT2D eigenvalue weighted by molar-refractivity contribution is 0.0996. The number of nitrogens with zero attached hydrogens (tertiary/aromatic N) is 6. The molecular formula is C19H16N6O. The van der Waals surface area contributed by atoms with E-state index >= 15 is 0 Å². The van der Waals surface area contributed by atoms with E-state index in [0.717, 1.165) is 5.56 Å². The molecule has 1 aromatic carbocycles. The summed E-state index contributed by atoms with van der Waals surface area (Å²) in [6.07, 6.45) is 1.95. The van der Waals surface area contributed by atoms with Crippen LogP contribution in [0.5, 0.6) is 0 Å². The zero-order chi connectivity index (χ0) is 18.1. The predicted octanol–water partition coefficient (Wildman–Crippen LogP) is 2.98. The van der Waals surface area contributed by atoms with E-state index in [9.17, 15) is 4.79 Å². The van der Waals surface area contributed by atoms with Crippen molar-refractivity contribution < 1.29 is 4.79 Å². The van der Waals surface area contributed by atoms with E-state index in [0.29, 0.717) is 35.9 Å². The number of aromatic nitrogens is 4. The predicted molar refractivity (Wildman–Crippen MR) is 95.1 cm³/mol. The molecule has 4 rings (SSSR count). The Kier molecular flexibility index (Phi) is 3.93. The van der Waals surface area contributed by atoms with Crippen molar-refractivity contribution in [1.29, 1.82) is 5.26 Å². The van der Waals surface area contributed by atoms with Gasteiger partial charge in [-0.05, 0) is 30.7 Å². The van der Waals surface area contributed by atoms with E-state index in [-0.39, 0.29) is 11.9 Å². The van der Waals surface area contributed by atoms with Crippen LogP contribution in [-0.4, -0.2) is 25.7 Å². The molecule has 0 fully saturated rings. The summed E-state index contributed by atoms with van der Waals surface area (Å²) in [4.78, 5) is 19.0. The number of fused-ring (bicyclic) bond motifs is 1. The minimum atomic E-state index is -0.0619. The first-order valence-corrected chi connectivity index (χ1v) is 8.32. The van der Waals surface area contributed by atoms with Crippen molar-refractivity contribution >= 4 is 11.7 Å². The third-order valence-electron chi connectivity index (χ3n) is 4.50. The van der Waals surface area contributed by atoms with E-state index in [1.165, 1.54) is 0 Å². The highest BCUT2D eigenvalue weighted by Gasteiger charge is 2.29. The van der Waals surface area contributed by atoms with Crippen molar-refractivity contribution in [2.75, 3.05) is 4.90 Å². The van der Waals surface area contributed by atoms with Crippen LogP contribution in [0.1, 0.15) is 35.3 Å². The highest BCUT2D eigenvalue weighted by molar-refractivity contribution is 6.09. The Morgan fingerprint density at radius 1 is 1.23 bits per heavy atom. The molecule has 0 radical (unpaired) electrons. The zero-order valence-electron chi connectivity index (χ0n) is 14.2. The standard InChI is InChI=1S/C19H16N6O/c1-13(9-10-20)25-12-21-23-18(25)16-7-4-8-17(22-16)24-11-14-5-2-3-6-15(14)19(24)26/h2-8,12-13H,9,11H2,1H3. The summed E-state index contributed by atoms with van der Waals surface area (Å²) in [6.45, 7) is 2.43. The Morgan fingerprint density at radius 2 is 2.08 bits per heavy atom. The fraction of sp³-hybridized carbons (Fsp3) is 0.211. The smallest absolute Gasteiger partial charge is 0.260 e. The van der Waals surface area contributed by atoms with Gasteiger partial charge in [0, 0.05) is 11.6 Å². The van der Waals surface area contributed by atoms with Gasteiger partial charge in [-0.3, -0.25) is 9.69 Å². The van der Waals surface area contributed by atoms with Gasteiger partial charge in [0.1, 0.15) is 17.8 Å². The van der Waals surface area contributed by atoms with Crippen LogP contribution in [0.25, 0.3) is 11.5 Å². The van der Waals surface area contributed by atoms with Crippen molar-refractivity contribution in [1.82, 2.24) is 19.7 Å². The fourth-order valence-corrected chi connectivity index (χ4v) is 3.12. The average Bonchev–Trinajstić information content (AvgIpc) is 3.28. The van der Waals surface area contributed by atoms with Gasteiger partial charge >= 0.3 is 0 Å². The van der Waals surface area contributed by atoms with Gasteiger partial charge in [0.15, 0.2) is 5.82 Å². The molecule has 2 aromatic heterocycles. The molecule has 1 aliphatic rings. The molecule has 0 spiro atoms. The van der Waals surface area contributed by atoms with Crippen LogP contribution in [-0.2, 0) is 6.54 Å². The fourth-order valence-electron chi connectivity index (χ4n) is 3.12. The summed E-state index contributed by atoms with van der Waals surface area (Å²) in [5.41, 5.74) is 2.33. The van der Waals surface area contributed by atoms with Gasteiger partial charge in [-0.1, -0.05) is 24.3 Å². The first-order chi connectivity index (χ1) is 12.7. The Balaban J connectivity index is 1.69. The second-order valence-electron chi connectivity index (χ2n) is 6.20. The molecule has 128 valence electrons. The molecule has 26 heavy (non-hydrogen) atoms. The topological polar surface area (TPSA) is 87.7 Å². The summed E-state index contributed by atoms with van der Waals surface area (Å²) in [5, 5.41) is 17.0. The lowest BCUT2D eigenvalue weighted by atomic mass is 10.1. The van der Waals surface area contributed by atoms with E-state index in [4.69, 9.17) is 5.26 Å². The maximum Gasteiger partial charge on any atom is 0.260 e. The number of pyridine rings is 1. The van der Waals surface area contributed by atoms with Gasteiger partial charge in [-0.15, -0.1) is 10.2 Å². The lowest BCUT2D eigenvalue weighted by Crippen LogP contribution is -2.24. The van der Waals surface area contributed by atoms with Crippen LogP contribution in [0, 0.1) is 11.3 Å². The Bertz CT molecular complexity index is 1020. The average molecular weight is 344 g/mol. The van der Waals surface area contributed by atoms with Gasteiger partial charge in [-0.25, -0.2) is 4.98 Å². The van der Waals surface area contributed by atoms with Crippen molar-refractivity contribution in [2.24, 2.45) is 0 Å². The van der Waals surface area contributed by atoms with Crippen molar-refractivity contribution in [2.45, 2.75) is 25.9 Å². The first-order valence-electron chi connectivity index (χ1n) is 8.32. The molecular weight excluding hydrogens is 328 g/mol. The van der Waals surface area contributed by atoms with E-state index in [1.54, 1.807) is 11.2 Å². The molecule has 0 saturated heterocycles. The molecule has 1 atom stereocenters. The lowest BCUT2D eigenvalue weighted by Gasteiger charge is -2.16. The number of hydrogen-bond donors (Lipinski definition) is 0. The molecule has 1 unspecified atom stereocenters. The summed E-state index contributed by atoms with van der Waals surface area (Å²) in [6, 6.07) is 15.2. The monoisotopic (exact) mass is 344 g/mol. The molecule has 7 nitrogen and oxygen atoms in total. The molecule has 3 heterocycles. The maximum atomic E-state index is 12.7. The number of anilines is 1. The quantitative estimate of drug-likeness (QED) is 0.726. The second kappa shape index (κ2) is 6.41. The van der Waals surface area contributed by atoms with Crippen LogP contribution in [0.3, 0.4) is 0 Å². The third kappa shape index (κ3) is 2.62. The first kappa shape index (κ1) is 16.0. The second-order valence-corrected chi connectivity index (χ2v) is 6.20. The van der Waals surface area contributed by atoms with Crippen LogP contribution in [0.15, 0.2) is 48.8 Å². The highest BCUT2D eigenvalue weighted by atomic mass is 16.2. The minimum Gasteiger partial charge on any atom is -0.308 e. The molecule has 3 aromatic rings. The third-order valence-corrected chi connectivity index (χ3v) is 4.50. The normalized spacial score (nSPS) is 14.2. The van der Waals surface area contributed by atoms with Gasteiger partial charge < -0.3 is 4.57 Å². The van der Waals surface area contributed by atoms with Crippen LogP contribution in [0.2, 0.25) is 0 Å². The largest absolute Gasteiger partial charge is 0.308 e. The van der Waals surface area contributed by atoms with Crippen LogP contribution >= 0.6 is 0 Å². The summed E-state index contributed by atoms with van der Waals surface area (Å²) < 4.78 is 1.83. The Morgan fingerprint density at radius 3 is 2.88 bits per heavy atom. The van der Waals surface area contributed by atoms with E-state index in [2.05, 4.69) is 21.3 Å². The minimum absolute atomic E-state index is 0.0513. The van der Waals surface area contributed by atoms with Gasteiger partial charge in [-0.2, -0.15) is 5.26 Å². The van der Waals surface area contributed by atoms with E-state index in [1.807, 2.05) is 54.0 Å². The molecule has 0 aliphatic carbocycles. The zero-order valence-corrected chi connectivity index (χ0v) is 14.2. The van der Waals surface area contributed by atoms with E-state index < -0.39 is 0 Å². The van der Waals surface area contributed by atoms with Crippen molar-refractivity contribution in [3.63, 3.8) is 0 Å². The number of hydrogen-bond acceptors (Lipinski definition) is 5. The van der Waals surface area contributed by atoms with Crippen molar-refractivity contribution in [3.05, 3.63) is 59.9 Å².